The van der Waals surface area contributed by atoms with E-state index in [1.54, 1.807) is 42.6 Å². The summed E-state index contributed by atoms with van der Waals surface area (Å²) >= 11 is 0. The van der Waals surface area contributed by atoms with Crippen LogP contribution >= 0.6 is 0 Å². The molecule has 4 heteroatoms. The average Bonchev–Trinajstić information content (AvgIpc) is 2.42. The number of rotatable bonds is 5. The summed E-state index contributed by atoms with van der Waals surface area (Å²) in [5.41, 5.74) is 1.60. The quantitative estimate of drug-likeness (QED) is 0.636. The van der Waals surface area contributed by atoms with Gasteiger partial charge in [0, 0.05) is 23.7 Å². The molecule has 0 unspecified atom stereocenters. The molecule has 0 bridgehead atoms. The summed E-state index contributed by atoms with van der Waals surface area (Å²) < 4.78 is 0. The second kappa shape index (κ2) is 5.82. The van der Waals surface area contributed by atoms with E-state index in [9.17, 15) is 9.90 Å². The van der Waals surface area contributed by atoms with Crippen molar-refractivity contribution in [1.82, 2.24) is 4.98 Å². The van der Waals surface area contributed by atoms with Crippen LogP contribution in [0.1, 0.15) is 16.8 Å². The molecule has 0 atom stereocenters. The van der Waals surface area contributed by atoms with E-state index in [0.717, 1.165) is 0 Å². The summed E-state index contributed by atoms with van der Waals surface area (Å²) in [7, 11) is 0. The molecular formula is C15H14N2O2. The summed E-state index contributed by atoms with van der Waals surface area (Å²) in [6.07, 6.45) is 3.29. The predicted octanol–water partition coefficient (Wildman–Crippen LogP) is 2.99. The fourth-order valence-corrected chi connectivity index (χ4v) is 1.64. The number of aromatic nitrogens is 1. The van der Waals surface area contributed by atoms with E-state index < -0.39 is 0 Å². The number of allylic oxidation sites excluding steroid dienone is 1. The highest BCUT2D eigenvalue weighted by molar-refractivity contribution is 5.97. The van der Waals surface area contributed by atoms with Crippen molar-refractivity contribution in [2.24, 2.45) is 0 Å². The topological polar surface area (TPSA) is 62.2 Å². The minimum atomic E-state index is -0.0685. The fourth-order valence-electron chi connectivity index (χ4n) is 1.64. The molecule has 96 valence electrons. The number of para-hydroxylation sites is 2. The van der Waals surface area contributed by atoms with E-state index >= 15 is 0 Å². The van der Waals surface area contributed by atoms with E-state index in [1.165, 1.54) is 6.20 Å². The lowest BCUT2D eigenvalue weighted by Crippen LogP contribution is -2.06. The number of phenolic OH excluding ortho intramolecular Hbond substituents is 1. The molecule has 0 aliphatic heterocycles. The Hall–Kier alpha value is -2.62. The molecule has 0 saturated carbocycles. The van der Waals surface area contributed by atoms with Crippen LogP contribution < -0.4 is 5.32 Å². The number of hydrogen-bond acceptors (Lipinski definition) is 4. The monoisotopic (exact) mass is 254 g/mol. The van der Waals surface area contributed by atoms with Gasteiger partial charge in [-0.3, -0.25) is 9.78 Å². The Morgan fingerprint density at radius 1 is 1.26 bits per heavy atom. The van der Waals surface area contributed by atoms with Crippen LogP contribution in [0.3, 0.4) is 0 Å². The highest BCUT2D eigenvalue weighted by atomic mass is 16.3. The largest absolute Gasteiger partial charge is 0.506 e. The lowest BCUT2D eigenvalue weighted by Gasteiger charge is -2.10. The molecule has 2 aromatic rings. The molecule has 0 fully saturated rings. The first-order valence-electron chi connectivity index (χ1n) is 5.83. The number of nitrogens with zero attached hydrogens (tertiary/aromatic N) is 1. The second-order valence-corrected chi connectivity index (χ2v) is 4.09. The summed E-state index contributed by atoms with van der Waals surface area (Å²) in [5, 5.41) is 12.5. The van der Waals surface area contributed by atoms with E-state index in [2.05, 4.69) is 16.9 Å². The molecular weight excluding hydrogens is 240 g/mol. The SMILES string of the molecule is C=C(CC(=O)c1cccnc1)Nc1ccccc1O. The van der Waals surface area contributed by atoms with Crippen LogP contribution in [0.15, 0.2) is 61.1 Å². The third-order valence-electron chi connectivity index (χ3n) is 2.57. The lowest BCUT2D eigenvalue weighted by atomic mass is 10.1. The molecule has 1 aromatic carbocycles. The van der Waals surface area contributed by atoms with Crippen LogP contribution in [-0.2, 0) is 0 Å². The number of ketones is 1. The molecule has 0 aliphatic rings. The number of hydrogen-bond donors (Lipinski definition) is 2. The molecule has 19 heavy (non-hydrogen) atoms. The first-order chi connectivity index (χ1) is 9.16. The normalized spacial score (nSPS) is 9.89. The molecule has 2 rings (SSSR count). The molecule has 1 heterocycles. The van der Waals surface area contributed by atoms with Gasteiger partial charge in [-0.2, -0.15) is 0 Å². The van der Waals surface area contributed by atoms with Crippen molar-refractivity contribution in [3.05, 3.63) is 66.6 Å². The zero-order valence-corrected chi connectivity index (χ0v) is 10.3. The zero-order valence-electron chi connectivity index (χ0n) is 10.3. The minimum absolute atomic E-state index is 0.0685. The smallest absolute Gasteiger partial charge is 0.170 e. The maximum absolute atomic E-state index is 11.9. The Balaban J connectivity index is 1.99. The fraction of sp³-hybridized carbons (Fsp3) is 0.0667. The van der Waals surface area contributed by atoms with Gasteiger partial charge >= 0.3 is 0 Å². The molecule has 2 N–H and O–H groups in total. The first kappa shape index (κ1) is 12.8. The molecule has 0 saturated heterocycles. The van der Waals surface area contributed by atoms with Crippen molar-refractivity contribution in [1.29, 1.82) is 0 Å². The zero-order chi connectivity index (χ0) is 13.7. The Labute approximate surface area is 111 Å². The maximum atomic E-state index is 11.9. The number of benzene rings is 1. The number of anilines is 1. The molecule has 0 amide bonds. The molecule has 0 aliphatic carbocycles. The molecule has 1 aromatic heterocycles. The van der Waals surface area contributed by atoms with E-state index in [-0.39, 0.29) is 18.0 Å². The van der Waals surface area contributed by atoms with Gasteiger partial charge in [0.05, 0.1) is 12.1 Å². The first-order valence-corrected chi connectivity index (χ1v) is 5.83. The Kier molecular flexibility index (Phi) is 3.93. The van der Waals surface area contributed by atoms with Crippen LogP contribution in [0, 0.1) is 0 Å². The van der Waals surface area contributed by atoms with Crippen LogP contribution in [-0.4, -0.2) is 15.9 Å². The number of phenols is 1. The molecule has 0 radical (unpaired) electrons. The number of carbonyl (C=O) groups excluding carboxylic acids is 1. The van der Waals surface area contributed by atoms with Crippen LogP contribution in [0.5, 0.6) is 5.75 Å². The average molecular weight is 254 g/mol. The number of nitrogens with one attached hydrogen (secondary N) is 1. The van der Waals surface area contributed by atoms with Gasteiger partial charge in [0.25, 0.3) is 0 Å². The van der Waals surface area contributed by atoms with Crippen molar-refractivity contribution >= 4 is 11.5 Å². The predicted molar refractivity (Wildman–Crippen MR) is 74.1 cm³/mol. The van der Waals surface area contributed by atoms with Gasteiger partial charge in [0.2, 0.25) is 0 Å². The number of carbonyl (C=O) groups is 1. The third-order valence-corrected chi connectivity index (χ3v) is 2.57. The van der Waals surface area contributed by atoms with Crippen molar-refractivity contribution in [3.63, 3.8) is 0 Å². The summed E-state index contributed by atoms with van der Waals surface area (Å²) in [6.45, 7) is 3.79. The van der Waals surface area contributed by atoms with Crippen molar-refractivity contribution in [3.8, 4) is 5.75 Å². The van der Waals surface area contributed by atoms with Crippen molar-refractivity contribution in [2.75, 3.05) is 5.32 Å². The van der Waals surface area contributed by atoms with Gasteiger partial charge in [-0.25, -0.2) is 0 Å². The van der Waals surface area contributed by atoms with E-state index in [4.69, 9.17) is 0 Å². The van der Waals surface area contributed by atoms with Gasteiger partial charge in [-0.1, -0.05) is 18.7 Å². The Morgan fingerprint density at radius 3 is 2.74 bits per heavy atom. The minimum Gasteiger partial charge on any atom is -0.506 e. The molecule has 0 spiro atoms. The van der Waals surface area contributed by atoms with Gasteiger partial charge in [0.15, 0.2) is 5.78 Å². The van der Waals surface area contributed by atoms with Crippen molar-refractivity contribution in [2.45, 2.75) is 6.42 Å². The number of pyridine rings is 1. The Bertz CT molecular complexity index is 594. The second-order valence-electron chi connectivity index (χ2n) is 4.09. The summed E-state index contributed by atoms with van der Waals surface area (Å²) in [5.74, 6) is 0.0542. The van der Waals surface area contributed by atoms with Crippen LogP contribution in [0.2, 0.25) is 0 Å². The summed E-state index contributed by atoms with van der Waals surface area (Å²) in [6, 6.07) is 10.2. The number of aromatic hydroxyl groups is 1. The summed E-state index contributed by atoms with van der Waals surface area (Å²) in [4.78, 5) is 15.8. The van der Waals surface area contributed by atoms with Crippen LogP contribution in [0.25, 0.3) is 0 Å². The van der Waals surface area contributed by atoms with Crippen molar-refractivity contribution < 1.29 is 9.90 Å². The maximum Gasteiger partial charge on any atom is 0.170 e. The van der Waals surface area contributed by atoms with Crippen LogP contribution in [0.4, 0.5) is 5.69 Å². The Morgan fingerprint density at radius 2 is 2.05 bits per heavy atom. The highest BCUT2D eigenvalue weighted by Crippen LogP contribution is 2.23. The third kappa shape index (κ3) is 3.42. The standard InChI is InChI=1S/C15H14N2O2/c1-11(17-13-6-2-3-7-14(13)18)9-15(19)12-5-4-8-16-10-12/h2-8,10,17-18H,1,9H2. The lowest BCUT2D eigenvalue weighted by molar-refractivity contribution is 0.0993. The van der Waals surface area contributed by atoms with Gasteiger partial charge in [0.1, 0.15) is 5.75 Å². The van der Waals surface area contributed by atoms with E-state index in [1.807, 2.05) is 0 Å². The highest BCUT2D eigenvalue weighted by Gasteiger charge is 2.08. The van der Waals surface area contributed by atoms with Gasteiger partial charge < -0.3 is 10.4 Å². The van der Waals surface area contributed by atoms with Gasteiger partial charge in [-0.05, 0) is 24.3 Å². The van der Waals surface area contributed by atoms with Gasteiger partial charge in [-0.15, -0.1) is 0 Å². The molecule has 4 nitrogen and oxygen atoms in total. The van der Waals surface area contributed by atoms with E-state index in [0.29, 0.717) is 16.9 Å². The number of Topliss-reactive ketones (excluding diaryl/α,β-unsaturated/α-hetero) is 1.